The molecular weight excluding hydrogens is 252 g/mol. The number of sulfone groups is 1. The second-order valence-corrected chi connectivity index (χ2v) is 6.13. The number of anilines is 1. The molecule has 0 aliphatic heterocycles. The smallest absolute Gasteiger partial charge is 0.322 e. The van der Waals surface area contributed by atoms with E-state index in [2.05, 4.69) is 14.9 Å². The van der Waals surface area contributed by atoms with Gasteiger partial charge in [-0.15, -0.1) is 5.10 Å². The van der Waals surface area contributed by atoms with Crippen molar-refractivity contribution in [3.8, 4) is 0 Å². The molecule has 1 aromatic rings. The highest BCUT2D eigenvalue weighted by atomic mass is 32.2. The van der Waals surface area contributed by atoms with Crippen LogP contribution in [0.15, 0.2) is 4.21 Å². The molecular formula is C7H12N4O3S2. The predicted octanol–water partition coefficient (Wildman–Crippen LogP) is 0.107. The third kappa shape index (κ3) is 2.30. The van der Waals surface area contributed by atoms with E-state index in [1.54, 1.807) is 0 Å². The SMILES string of the molecule is CCS(=O)(=O)c1snnc1N(C)C(=O)NC. The maximum Gasteiger partial charge on any atom is 0.322 e. The number of urea groups is 1. The molecule has 9 heteroatoms. The van der Waals surface area contributed by atoms with E-state index in [1.807, 2.05) is 0 Å². The fourth-order valence-electron chi connectivity index (χ4n) is 0.973. The van der Waals surface area contributed by atoms with E-state index < -0.39 is 15.9 Å². The standard InChI is InChI=1S/C7H12N4O3S2/c1-4-16(13,14)6-5(9-10-15-6)11(3)7(12)8-2/h4H2,1-3H3,(H,8,12). The molecule has 0 saturated carbocycles. The van der Waals surface area contributed by atoms with Crippen molar-refractivity contribution in [3.63, 3.8) is 0 Å². The average Bonchev–Trinajstić information content (AvgIpc) is 2.76. The molecule has 7 nitrogen and oxygen atoms in total. The van der Waals surface area contributed by atoms with Crippen molar-refractivity contribution in [3.05, 3.63) is 0 Å². The van der Waals surface area contributed by atoms with E-state index in [9.17, 15) is 13.2 Å². The normalized spacial score (nSPS) is 11.2. The van der Waals surface area contributed by atoms with Crippen LogP contribution in [0.5, 0.6) is 0 Å². The van der Waals surface area contributed by atoms with Gasteiger partial charge < -0.3 is 5.32 Å². The van der Waals surface area contributed by atoms with E-state index in [-0.39, 0.29) is 15.8 Å². The van der Waals surface area contributed by atoms with Crippen molar-refractivity contribution in [2.45, 2.75) is 11.1 Å². The lowest BCUT2D eigenvalue weighted by atomic mass is 10.6. The third-order valence-electron chi connectivity index (χ3n) is 1.94. The number of rotatable bonds is 3. The molecule has 0 atom stereocenters. The summed E-state index contributed by atoms with van der Waals surface area (Å²) < 4.78 is 26.9. The molecule has 0 radical (unpaired) electrons. The second kappa shape index (κ2) is 4.74. The topological polar surface area (TPSA) is 92.3 Å². The van der Waals surface area contributed by atoms with Crippen LogP contribution in [0.1, 0.15) is 6.92 Å². The number of aromatic nitrogens is 2. The Morgan fingerprint density at radius 1 is 1.56 bits per heavy atom. The molecule has 1 heterocycles. The maximum absolute atomic E-state index is 11.7. The van der Waals surface area contributed by atoms with Crippen LogP contribution in [0.2, 0.25) is 0 Å². The Balaban J connectivity index is 3.18. The van der Waals surface area contributed by atoms with Crippen LogP contribution >= 0.6 is 11.5 Å². The summed E-state index contributed by atoms with van der Waals surface area (Å²) in [5.74, 6) is 0.0112. The van der Waals surface area contributed by atoms with Gasteiger partial charge in [0.15, 0.2) is 19.9 Å². The second-order valence-electron chi connectivity index (χ2n) is 2.90. The first-order chi connectivity index (χ1) is 7.44. The van der Waals surface area contributed by atoms with Crippen LogP contribution < -0.4 is 10.2 Å². The van der Waals surface area contributed by atoms with E-state index in [0.717, 1.165) is 16.4 Å². The van der Waals surface area contributed by atoms with Gasteiger partial charge in [-0.2, -0.15) is 0 Å². The van der Waals surface area contributed by atoms with Crippen molar-refractivity contribution in [1.29, 1.82) is 0 Å². The van der Waals surface area contributed by atoms with Crippen molar-refractivity contribution >= 4 is 33.2 Å². The molecule has 90 valence electrons. The fraction of sp³-hybridized carbons (Fsp3) is 0.571. The Hall–Kier alpha value is -1.22. The quantitative estimate of drug-likeness (QED) is 0.836. The molecule has 0 aliphatic carbocycles. The average molecular weight is 264 g/mol. The van der Waals surface area contributed by atoms with E-state index in [4.69, 9.17) is 0 Å². The molecule has 1 aromatic heterocycles. The Morgan fingerprint density at radius 2 is 2.19 bits per heavy atom. The summed E-state index contributed by atoms with van der Waals surface area (Å²) in [4.78, 5) is 12.5. The summed E-state index contributed by atoms with van der Waals surface area (Å²) in [5.41, 5.74) is 0. The van der Waals surface area contributed by atoms with Crippen LogP contribution in [0.4, 0.5) is 10.6 Å². The zero-order chi connectivity index (χ0) is 12.3. The Bertz CT molecular complexity index is 482. The van der Waals surface area contributed by atoms with E-state index in [0.29, 0.717) is 0 Å². The highest BCUT2D eigenvalue weighted by molar-refractivity contribution is 7.93. The van der Waals surface area contributed by atoms with Crippen LogP contribution in [-0.4, -0.2) is 43.9 Å². The van der Waals surface area contributed by atoms with Gasteiger partial charge in [-0.1, -0.05) is 11.4 Å². The van der Waals surface area contributed by atoms with Crippen molar-refractivity contribution in [2.75, 3.05) is 24.7 Å². The van der Waals surface area contributed by atoms with Crippen LogP contribution in [-0.2, 0) is 9.84 Å². The monoisotopic (exact) mass is 264 g/mol. The highest BCUT2D eigenvalue weighted by Crippen LogP contribution is 2.26. The summed E-state index contributed by atoms with van der Waals surface area (Å²) >= 11 is 0.767. The number of carbonyl (C=O) groups is 1. The van der Waals surface area contributed by atoms with Gasteiger partial charge >= 0.3 is 6.03 Å². The highest BCUT2D eigenvalue weighted by Gasteiger charge is 2.25. The lowest BCUT2D eigenvalue weighted by molar-refractivity contribution is 0.249. The molecule has 1 rings (SSSR count). The zero-order valence-corrected chi connectivity index (χ0v) is 10.7. The van der Waals surface area contributed by atoms with Gasteiger partial charge in [0.1, 0.15) is 0 Å². The van der Waals surface area contributed by atoms with E-state index in [1.165, 1.54) is 21.0 Å². The van der Waals surface area contributed by atoms with Gasteiger partial charge in [0.05, 0.1) is 5.75 Å². The molecule has 0 saturated heterocycles. The number of carbonyl (C=O) groups excluding carboxylic acids is 1. The molecule has 0 aliphatic rings. The minimum absolute atomic E-state index is 0.0149. The van der Waals surface area contributed by atoms with Gasteiger partial charge in [-0.05, 0) is 0 Å². The van der Waals surface area contributed by atoms with Crippen molar-refractivity contribution in [2.24, 2.45) is 0 Å². The molecule has 0 spiro atoms. The first-order valence-corrected chi connectivity index (χ1v) is 6.87. The van der Waals surface area contributed by atoms with Gasteiger partial charge in [-0.3, -0.25) is 4.90 Å². The number of hydrogen-bond donors (Lipinski definition) is 1. The Labute approximate surface area is 97.5 Å². The molecule has 0 fully saturated rings. The summed E-state index contributed by atoms with van der Waals surface area (Å²) in [7, 11) is -0.515. The van der Waals surface area contributed by atoms with Crippen molar-refractivity contribution in [1.82, 2.24) is 14.9 Å². The Kier molecular flexibility index (Phi) is 3.81. The predicted molar refractivity (Wildman–Crippen MR) is 60.5 cm³/mol. The fourth-order valence-corrected chi connectivity index (χ4v) is 3.05. The molecule has 2 amide bonds. The molecule has 0 unspecified atom stereocenters. The minimum Gasteiger partial charge on any atom is -0.341 e. The minimum atomic E-state index is -3.40. The molecule has 0 bridgehead atoms. The Morgan fingerprint density at radius 3 is 2.69 bits per heavy atom. The summed E-state index contributed by atoms with van der Waals surface area (Å²) in [6.07, 6.45) is 0. The maximum atomic E-state index is 11.7. The van der Waals surface area contributed by atoms with E-state index >= 15 is 0 Å². The zero-order valence-electron chi connectivity index (χ0n) is 9.09. The van der Waals surface area contributed by atoms with Crippen LogP contribution in [0.3, 0.4) is 0 Å². The number of nitrogens with zero attached hydrogens (tertiary/aromatic N) is 3. The lowest BCUT2D eigenvalue weighted by Crippen LogP contribution is -2.35. The summed E-state index contributed by atoms with van der Waals surface area (Å²) in [6.45, 7) is 1.53. The molecule has 16 heavy (non-hydrogen) atoms. The van der Waals surface area contributed by atoms with Gasteiger partial charge in [-0.25, -0.2) is 13.2 Å². The lowest BCUT2D eigenvalue weighted by Gasteiger charge is -2.14. The third-order valence-corrected chi connectivity index (χ3v) is 4.95. The van der Waals surface area contributed by atoms with Crippen LogP contribution in [0.25, 0.3) is 0 Å². The van der Waals surface area contributed by atoms with Gasteiger partial charge in [0.2, 0.25) is 0 Å². The first-order valence-electron chi connectivity index (χ1n) is 4.44. The number of nitrogens with one attached hydrogen (secondary N) is 1. The molecule has 0 aromatic carbocycles. The van der Waals surface area contributed by atoms with Crippen molar-refractivity contribution < 1.29 is 13.2 Å². The summed E-state index contributed by atoms with van der Waals surface area (Å²) in [6, 6.07) is -0.444. The largest absolute Gasteiger partial charge is 0.341 e. The number of hydrogen-bond acceptors (Lipinski definition) is 6. The van der Waals surface area contributed by atoms with Crippen LogP contribution in [0, 0.1) is 0 Å². The van der Waals surface area contributed by atoms with Gasteiger partial charge in [0, 0.05) is 25.6 Å². The first kappa shape index (κ1) is 12.8. The molecule has 1 N–H and O–H groups in total. The van der Waals surface area contributed by atoms with Gasteiger partial charge in [0.25, 0.3) is 0 Å². The number of amides is 2. The summed E-state index contributed by atoms with van der Waals surface area (Å²) in [5, 5.41) is 6.03.